The largest absolute Gasteiger partial charge is 0.544 e. The van der Waals surface area contributed by atoms with Crippen molar-refractivity contribution in [1.82, 2.24) is 0 Å². The van der Waals surface area contributed by atoms with Crippen LogP contribution in [0.15, 0.2) is 29.3 Å². The molecule has 0 spiro atoms. The van der Waals surface area contributed by atoms with Crippen molar-refractivity contribution in [2.75, 3.05) is 0 Å². The van der Waals surface area contributed by atoms with Gasteiger partial charge < -0.3 is 4.43 Å². The third-order valence-electron chi connectivity index (χ3n) is 1.66. The lowest BCUT2D eigenvalue weighted by molar-refractivity contribution is 0.507. The van der Waals surface area contributed by atoms with E-state index in [4.69, 9.17) is 4.43 Å². The molecule has 0 unspecified atom stereocenters. The molecule has 0 N–H and O–H groups in total. The number of benzene rings is 1. The van der Waals surface area contributed by atoms with Gasteiger partial charge in [-0.2, -0.15) is 0 Å². The van der Waals surface area contributed by atoms with E-state index in [9.17, 15) is 4.39 Å². The van der Waals surface area contributed by atoms with Crippen LogP contribution in [0.2, 0.25) is 19.6 Å². The second-order valence-corrected chi connectivity index (χ2v) is 9.61. The molecule has 0 saturated heterocycles. The van der Waals surface area contributed by atoms with Gasteiger partial charge in [0.05, 0.1) is 5.56 Å². The molecular weight excluding hydrogens is 275 g/mol. The summed E-state index contributed by atoms with van der Waals surface area (Å²) in [6.45, 7) is 9.87. The Balaban J connectivity index is 2.96. The van der Waals surface area contributed by atoms with Crippen molar-refractivity contribution in [3.63, 3.8) is 0 Å². The Labute approximate surface area is 99.2 Å². The molecule has 1 nitrogen and oxygen atoms in total. The van der Waals surface area contributed by atoms with E-state index in [1.54, 1.807) is 12.1 Å². The Bertz CT molecular complexity index is 385. The molecule has 0 atom stereocenters. The molecule has 0 amide bonds. The minimum atomic E-state index is -1.72. The topological polar surface area (TPSA) is 9.23 Å². The van der Waals surface area contributed by atoms with Gasteiger partial charge in [0, 0.05) is 4.47 Å². The van der Waals surface area contributed by atoms with Crippen LogP contribution in [0, 0.1) is 5.82 Å². The fraction of sp³-hybridized carbons (Fsp3) is 0.273. The minimum Gasteiger partial charge on any atom is -0.544 e. The van der Waals surface area contributed by atoms with Crippen LogP contribution in [0.1, 0.15) is 5.56 Å². The highest BCUT2D eigenvalue weighted by Gasteiger charge is 2.19. The zero-order valence-corrected chi connectivity index (χ0v) is 11.7. The summed E-state index contributed by atoms with van der Waals surface area (Å²) < 4.78 is 19.9. The fourth-order valence-electron chi connectivity index (χ4n) is 1.14. The molecule has 1 rings (SSSR count). The van der Waals surface area contributed by atoms with Gasteiger partial charge in [0.15, 0.2) is 0 Å². The number of halogens is 2. The highest BCUT2D eigenvalue weighted by Crippen LogP contribution is 2.24. The van der Waals surface area contributed by atoms with E-state index in [1.807, 2.05) is 19.6 Å². The van der Waals surface area contributed by atoms with Gasteiger partial charge in [-0.3, -0.25) is 0 Å². The third kappa shape index (κ3) is 3.79. The van der Waals surface area contributed by atoms with Gasteiger partial charge in [-0.05, 0) is 37.8 Å². The van der Waals surface area contributed by atoms with E-state index >= 15 is 0 Å². The summed E-state index contributed by atoms with van der Waals surface area (Å²) in [7, 11) is -1.72. The van der Waals surface area contributed by atoms with Crippen molar-refractivity contribution in [2.24, 2.45) is 0 Å². The van der Waals surface area contributed by atoms with E-state index in [1.165, 1.54) is 6.07 Å². The maximum atomic E-state index is 13.4. The molecule has 4 heteroatoms. The summed E-state index contributed by atoms with van der Waals surface area (Å²) in [5.74, 6) is 0.106. The van der Waals surface area contributed by atoms with Crippen LogP contribution in [-0.4, -0.2) is 8.32 Å². The molecule has 0 radical (unpaired) electrons. The molecule has 82 valence electrons. The van der Waals surface area contributed by atoms with Gasteiger partial charge in [-0.25, -0.2) is 4.39 Å². The smallest absolute Gasteiger partial charge is 0.242 e. The lowest BCUT2D eigenvalue weighted by Crippen LogP contribution is -2.24. The zero-order chi connectivity index (χ0) is 11.6. The standard InChI is InChI=1S/C11H14BrFOSi/c1-8(14-15(2,3)4)10-7-9(12)5-6-11(10)13/h5-7H,1H2,2-4H3. The number of hydrogen-bond acceptors (Lipinski definition) is 1. The van der Waals surface area contributed by atoms with Crippen molar-refractivity contribution >= 4 is 30.0 Å². The first-order valence-corrected chi connectivity index (χ1v) is 8.83. The lowest BCUT2D eigenvalue weighted by Gasteiger charge is -2.21. The summed E-state index contributed by atoms with van der Waals surface area (Å²) in [6.07, 6.45) is 0. The Morgan fingerprint density at radius 1 is 1.40 bits per heavy atom. The van der Waals surface area contributed by atoms with Crippen molar-refractivity contribution in [3.8, 4) is 0 Å². The van der Waals surface area contributed by atoms with Gasteiger partial charge in [0.2, 0.25) is 8.32 Å². The maximum Gasteiger partial charge on any atom is 0.242 e. The molecule has 15 heavy (non-hydrogen) atoms. The molecule has 1 aromatic carbocycles. The quantitative estimate of drug-likeness (QED) is 0.591. The van der Waals surface area contributed by atoms with Crippen LogP contribution in [0.25, 0.3) is 5.76 Å². The van der Waals surface area contributed by atoms with Gasteiger partial charge in [0.1, 0.15) is 11.6 Å². The summed E-state index contributed by atoms with van der Waals surface area (Å²) in [5, 5.41) is 0. The third-order valence-corrected chi connectivity index (χ3v) is 3.01. The first kappa shape index (κ1) is 12.5. The maximum absolute atomic E-state index is 13.4. The molecule has 0 saturated carbocycles. The van der Waals surface area contributed by atoms with Gasteiger partial charge in [-0.15, -0.1) is 0 Å². The van der Waals surface area contributed by atoms with E-state index in [-0.39, 0.29) is 5.82 Å². The number of rotatable bonds is 3. The van der Waals surface area contributed by atoms with Gasteiger partial charge in [-0.1, -0.05) is 22.5 Å². The van der Waals surface area contributed by atoms with Gasteiger partial charge >= 0.3 is 0 Å². The van der Waals surface area contributed by atoms with E-state index in [0.29, 0.717) is 11.3 Å². The molecule has 0 bridgehead atoms. The van der Waals surface area contributed by atoms with Crippen LogP contribution < -0.4 is 0 Å². The van der Waals surface area contributed by atoms with Crippen LogP contribution in [0.5, 0.6) is 0 Å². The molecule has 0 fully saturated rings. The average molecular weight is 289 g/mol. The van der Waals surface area contributed by atoms with E-state index < -0.39 is 8.32 Å². The Hall–Kier alpha value is -0.613. The monoisotopic (exact) mass is 288 g/mol. The first-order chi connectivity index (χ1) is 6.79. The number of hydrogen-bond donors (Lipinski definition) is 0. The van der Waals surface area contributed by atoms with E-state index in [2.05, 4.69) is 22.5 Å². The molecule has 0 aliphatic rings. The highest BCUT2D eigenvalue weighted by molar-refractivity contribution is 9.10. The summed E-state index contributed by atoms with van der Waals surface area (Å²) in [5.41, 5.74) is 0.423. The van der Waals surface area contributed by atoms with Crippen molar-refractivity contribution in [3.05, 3.63) is 40.6 Å². The molecule has 0 aliphatic heterocycles. The second kappa shape index (κ2) is 4.49. The first-order valence-electron chi connectivity index (χ1n) is 4.63. The normalized spacial score (nSPS) is 11.3. The Morgan fingerprint density at radius 3 is 2.53 bits per heavy atom. The average Bonchev–Trinajstić information content (AvgIpc) is 2.06. The molecule has 1 aromatic rings. The summed E-state index contributed by atoms with van der Waals surface area (Å²) in [4.78, 5) is 0. The van der Waals surface area contributed by atoms with Crippen LogP contribution in [0.3, 0.4) is 0 Å². The van der Waals surface area contributed by atoms with Crippen molar-refractivity contribution in [2.45, 2.75) is 19.6 Å². The van der Waals surface area contributed by atoms with Crippen LogP contribution in [0.4, 0.5) is 4.39 Å². The highest BCUT2D eigenvalue weighted by atomic mass is 79.9. The van der Waals surface area contributed by atoms with E-state index in [0.717, 1.165) is 4.47 Å². The zero-order valence-electron chi connectivity index (χ0n) is 9.10. The van der Waals surface area contributed by atoms with Crippen molar-refractivity contribution < 1.29 is 8.82 Å². The Morgan fingerprint density at radius 2 is 2.00 bits per heavy atom. The molecular formula is C11H14BrFOSi. The molecule has 0 heterocycles. The predicted molar refractivity (Wildman–Crippen MR) is 67.6 cm³/mol. The second-order valence-electron chi connectivity index (χ2n) is 4.26. The minimum absolute atomic E-state index is 0.304. The summed E-state index contributed by atoms with van der Waals surface area (Å²) in [6, 6.07) is 4.73. The van der Waals surface area contributed by atoms with Gasteiger partial charge in [0.25, 0.3) is 0 Å². The van der Waals surface area contributed by atoms with Crippen LogP contribution in [-0.2, 0) is 4.43 Å². The lowest BCUT2D eigenvalue weighted by atomic mass is 10.2. The van der Waals surface area contributed by atoms with Crippen molar-refractivity contribution in [1.29, 1.82) is 0 Å². The molecule has 0 aromatic heterocycles. The Kier molecular flexibility index (Phi) is 3.73. The summed E-state index contributed by atoms with van der Waals surface area (Å²) >= 11 is 3.29. The molecule has 0 aliphatic carbocycles. The predicted octanol–water partition coefficient (Wildman–Crippen LogP) is 4.41. The van der Waals surface area contributed by atoms with Crippen LogP contribution >= 0.6 is 15.9 Å². The SMILES string of the molecule is C=C(O[Si](C)(C)C)c1cc(Br)ccc1F. The fourth-order valence-corrected chi connectivity index (χ4v) is 2.35.